The van der Waals surface area contributed by atoms with Crippen LogP contribution >= 0.6 is 0 Å². The van der Waals surface area contributed by atoms with Crippen LogP contribution in [-0.4, -0.2) is 67.2 Å². The Morgan fingerprint density at radius 1 is 1.13 bits per heavy atom. The Labute approximate surface area is 219 Å². The largest absolute Gasteiger partial charge is 0.497 e. The highest BCUT2D eigenvalue weighted by Gasteiger charge is 2.57. The van der Waals surface area contributed by atoms with Crippen molar-refractivity contribution in [3.63, 3.8) is 0 Å². The number of hydrogen-bond acceptors (Lipinski definition) is 7. The molecular weight excluding hydrogens is 505 g/mol. The lowest BCUT2D eigenvalue weighted by molar-refractivity contribution is -0.159. The molecule has 1 aromatic rings. The molecule has 0 radical (unpaired) electrons. The van der Waals surface area contributed by atoms with Gasteiger partial charge in [-0.25, -0.2) is 10.2 Å². The first-order valence-electron chi connectivity index (χ1n) is 12.7. The number of methoxy groups -OCH3 is 2. The Kier molecular flexibility index (Phi) is 8.19. The number of esters is 1. The van der Waals surface area contributed by atoms with Gasteiger partial charge < -0.3 is 19.7 Å². The van der Waals surface area contributed by atoms with Gasteiger partial charge in [0.05, 0.1) is 19.9 Å². The van der Waals surface area contributed by atoms with E-state index in [2.05, 4.69) is 10.7 Å². The number of benzene rings is 1. The van der Waals surface area contributed by atoms with Gasteiger partial charge in [0.15, 0.2) is 0 Å². The predicted octanol–water partition coefficient (Wildman–Crippen LogP) is 3.06. The molecule has 9 nitrogen and oxygen atoms in total. The first-order chi connectivity index (χ1) is 18.1. The first kappa shape index (κ1) is 27.7. The molecule has 1 saturated heterocycles. The van der Waals surface area contributed by atoms with Crippen LogP contribution < -0.4 is 20.5 Å². The Morgan fingerprint density at radius 2 is 1.82 bits per heavy atom. The summed E-state index contributed by atoms with van der Waals surface area (Å²) in [5, 5.41) is 4.11. The summed E-state index contributed by atoms with van der Waals surface area (Å²) in [5.74, 6) is -1.70. The van der Waals surface area contributed by atoms with Gasteiger partial charge in [-0.1, -0.05) is 18.9 Å². The van der Waals surface area contributed by atoms with Crippen LogP contribution in [0, 0.1) is 5.92 Å². The molecule has 208 valence electrons. The average Bonchev–Trinajstić information content (AvgIpc) is 3.53. The molecule has 2 N–H and O–H groups in total. The molecule has 2 fully saturated rings. The summed E-state index contributed by atoms with van der Waals surface area (Å²) in [6.45, 7) is 0.251. The van der Waals surface area contributed by atoms with E-state index in [1.165, 1.54) is 36.4 Å². The second-order valence-corrected chi connectivity index (χ2v) is 9.90. The monoisotopic (exact) mass is 538 g/mol. The van der Waals surface area contributed by atoms with Gasteiger partial charge in [0.1, 0.15) is 23.4 Å². The van der Waals surface area contributed by atoms with E-state index >= 15 is 0 Å². The van der Waals surface area contributed by atoms with Crippen molar-refractivity contribution in [1.82, 2.24) is 15.6 Å². The number of amides is 2. The number of ether oxygens (including phenoxy) is 2. The van der Waals surface area contributed by atoms with Gasteiger partial charge in [-0.15, -0.1) is 0 Å². The number of halogens is 3. The number of unbranched alkanes of at least 4 members (excludes halogenated alkanes) is 1. The lowest BCUT2D eigenvalue weighted by atomic mass is 9.90. The molecule has 1 aromatic carbocycles. The van der Waals surface area contributed by atoms with Crippen molar-refractivity contribution in [2.24, 2.45) is 5.92 Å². The number of rotatable bonds is 9. The lowest BCUT2D eigenvalue weighted by Gasteiger charge is -2.34. The van der Waals surface area contributed by atoms with Crippen molar-refractivity contribution in [2.75, 3.05) is 25.8 Å². The highest BCUT2D eigenvalue weighted by molar-refractivity contribution is 5.89. The number of carbonyl (C=O) groups is 3. The van der Waals surface area contributed by atoms with Gasteiger partial charge in [-0.05, 0) is 49.9 Å². The molecule has 3 aliphatic rings. The summed E-state index contributed by atoms with van der Waals surface area (Å²) < 4.78 is 51.4. The van der Waals surface area contributed by atoms with E-state index in [0.29, 0.717) is 37.1 Å². The summed E-state index contributed by atoms with van der Waals surface area (Å²) in [7, 11) is 2.79. The SMILES string of the molecule is COC(=O)C1(NC(=O)CCCCN2C=CC3C(C2=O)N(c2ccc(OC)cc2)NC3C(F)(F)F)CCCC1. The molecule has 2 heterocycles. The highest BCUT2D eigenvalue weighted by atomic mass is 19.4. The molecule has 1 aliphatic carbocycles. The van der Waals surface area contributed by atoms with Crippen LogP contribution in [0.1, 0.15) is 44.9 Å². The van der Waals surface area contributed by atoms with Gasteiger partial charge in [0, 0.05) is 25.1 Å². The van der Waals surface area contributed by atoms with Crippen molar-refractivity contribution in [3.05, 3.63) is 36.5 Å². The first-order valence-corrected chi connectivity index (χ1v) is 12.7. The third-order valence-corrected chi connectivity index (χ3v) is 7.50. The lowest BCUT2D eigenvalue weighted by Crippen LogP contribution is -2.53. The maximum Gasteiger partial charge on any atom is 0.406 e. The van der Waals surface area contributed by atoms with Crippen LogP contribution in [0.25, 0.3) is 0 Å². The average molecular weight is 539 g/mol. The van der Waals surface area contributed by atoms with Crippen molar-refractivity contribution in [2.45, 2.75) is 68.7 Å². The fraction of sp³-hybridized carbons (Fsp3) is 0.577. The number of nitrogens with zero attached hydrogens (tertiary/aromatic N) is 2. The summed E-state index contributed by atoms with van der Waals surface area (Å²) in [6.07, 6.45) is 2.09. The molecule has 0 bridgehead atoms. The van der Waals surface area contributed by atoms with Gasteiger partial charge in [-0.2, -0.15) is 13.2 Å². The Morgan fingerprint density at radius 3 is 2.42 bits per heavy atom. The number of hydrazine groups is 1. The van der Waals surface area contributed by atoms with Crippen molar-refractivity contribution >= 4 is 23.5 Å². The van der Waals surface area contributed by atoms with Crippen LogP contribution in [0.2, 0.25) is 0 Å². The summed E-state index contributed by atoms with van der Waals surface area (Å²) in [4.78, 5) is 39.5. The number of alkyl halides is 3. The van der Waals surface area contributed by atoms with Gasteiger partial charge in [0.25, 0.3) is 5.91 Å². The molecular formula is C26H33F3N4O5. The van der Waals surface area contributed by atoms with E-state index in [-0.39, 0.29) is 18.9 Å². The zero-order valence-corrected chi connectivity index (χ0v) is 21.4. The number of fused-ring (bicyclic) bond motifs is 1. The smallest absolute Gasteiger partial charge is 0.406 e. The van der Waals surface area contributed by atoms with E-state index in [4.69, 9.17) is 9.47 Å². The van der Waals surface area contributed by atoms with Crippen LogP contribution in [0.4, 0.5) is 18.9 Å². The van der Waals surface area contributed by atoms with Crippen molar-refractivity contribution in [3.8, 4) is 5.75 Å². The molecule has 2 amide bonds. The van der Waals surface area contributed by atoms with Crippen LogP contribution in [0.15, 0.2) is 36.5 Å². The third-order valence-electron chi connectivity index (χ3n) is 7.50. The Hall–Kier alpha value is -3.28. The Bertz CT molecular complexity index is 1060. The zero-order valence-electron chi connectivity index (χ0n) is 21.4. The van der Waals surface area contributed by atoms with Crippen molar-refractivity contribution in [1.29, 1.82) is 0 Å². The number of hydrogen-bond donors (Lipinski definition) is 2. The Balaban J connectivity index is 1.37. The summed E-state index contributed by atoms with van der Waals surface area (Å²) in [5.41, 5.74) is 1.94. The minimum atomic E-state index is -4.55. The molecule has 2 aliphatic heterocycles. The minimum Gasteiger partial charge on any atom is -0.497 e. The topological polar surface area (TPSA) is 100 Å². The molecule has 4 rings (SSSR count). The summed E-state index contributed by atoms with van der Waals surface area (Å²) in [6, 6.07) is 3.45. The maximum atomic E-state index is 13.8. The van der Waals surface area contributed by atoms with E-state index in [1.807, 2.05) is 0 Å². The van der Waals surface area contributed by atoms with Crippen LogP contribution in [0.5, 0.6) is 5.75 Å². The predicted molar refractivity (Wildman–Crippen MR) is 132 cm³/mol. The molecule has 3 unspecified atom stereocenters. The van der Waals surface area contributed by atoms with Gasteiger partial charge in [0.2, 0.25) is 5.91 Å². The van der Waals surface area contributed by atoms with Crippen LogP contribution in [-0.2, 0) is 19.1 Å². The van der Waals surface area contributed by atoms with Crippen LogP contribution in [0.3, 0.4) is 0 Å². The number of nitrogens with one attached hydrogen (secondary N) is 2. The number of carbonyl (C=O) groups excluding carboxylic acids is 3. The fourth-order valence-electron chi connectivity index (χ4n) is 5.51. The number of anilines is 1. The molecule has 12 heteroatoms. The van der Waals surface area contributed by atoms with Crippen molar-refractivity contribution < 1.29 is 37.0 Å². The van der Waals surface area contributed by atoms with Gasteiger partial charge in [-0.3, -0.25) is 14.6 Å². The molecule has 1 saturated carbocycles. The molecule has 0 aromatic heterocycles. The van der Waals surface area contributed by atoms with E-state index < -0.39 is 41.6 Å². The quantitative estimate of drug-likeness (QED) is 0.368. The standard InChI is InChI=1S/C26H33F3N4O5/c1-37-18-10-8-17(9-11-18)33-21-19(22(31-33)26(27,28)29)12-16-32(23(21)35)15-6-3-7-20(34)30-25(24(36)38-2)13-4-5-14-25/h8-12,16,19,21-22,31H,3-7,13-15H2,1-2H3,(H,30,34). The molecule has 38 heavy (non-hydrogen) atoms. The maximum absolute atomic E-state index is 13.8. The normalized spacial score (nSPS) is 24.3. The fourth-order valence-corrected chi connectivity index (χ4v) is 5.51. The second kappa shape index (κ2) is 11.2. The third kappa shape index (κ3) is 5.59. The van der Waals surface area contributed by atoms with E-state index in [9.17, 15) is 27.6 Å². The molecule has 3 atom stereocenters. The van der Waals surface area contributed by atoms with E-state index in [1.54, 1.807) is 24.3 Å². The second-order valence-electron chi connectivity index (χ2n) is 9.90. The minimum absolute atomic E-state index is 0.159. The zero-order chi connectivity index (χ0) is 27.5. The molecule has 0 spiro atoms. The van der Waals surface area contributed by atoms with E-state index in [0.717, 1.165) is 12.8 Å². The highest BCUT2D eigenvalue weighted by Crippen LogP contribution is 2.39. The van der Waals surface area contributed by atoms with Gasteiger partial charge >= 0.3 is 12.1 Å². The summed E-state index contributed by atoms with van der Waals surface area (Å²) >= 11 is 0.